The lowest BCUT2D eigenvalue weighted by Crippen LogP contribution is -2.21. The standard InChI is InChI=1S/C16H19N3O2S2/c20-12-9-23-14(11-7-4-8-22-11)13-15(17-12)19(18-16(13)21)10-5-2-1-3-6-10/h4,7-8,10,14H,1-3,5-6,9H2,(H,17,20)(H,18,21)/t14-/m0/s1. The number of carbonyl (C=O) groups is 1. The van der Waals surface area contributed by atoms with Gasteiger partial charge in [0.1, 0.15) is 5.82 Å². The molecule has 0 bridgehead atoms. The van der Waals surface area contributed by atoms with Crippen LogP contribution in [0.15, 0.2) is 22.3 Å². The number of fused-ring (bicyclic) bond motifs is 1. The van der Waals surface area contributed by atoms with Gasteiger partial charge in [-0.1, -0.05) is 25.3 Å². The number of anilines is 1. The molecule has 1 saturated carbocycles. The molecule has 4 rings (SSSR count). The summed E-state index contributed by atoms with van der Waals surface area (Å²) in [6.45, 7) is 0. The first-order chi connectivity index (χ1) is 11.2. The zero-order valence-corrected chi connectivity index (χ0v) is 14.3. The van der Waals surface area contributed by atoms with Crippen LogP contribution < -0.4 is 10.9 Å². The second kappa shape index (κ2) is 6.20. The number of hydrogen-bond acceptors (Lipinski definition) is 4. The Bertz CT molecular complexity index is 757. The lowest BCUT2D eigenvalue weighted by atomic mass is 9.95. The van der Waals surface area contributed by atoms with E-state index in [0.717, 1.165) is 17.7 Å². The zero-order valence-electron chi connectivity index (χ0n) is 12.7. The van der Waals surface area contributed by atoms with E-state index in [2.05, 4.69) is 10.4 Å². The summed E-state index contributed by atoms with van der Waals surface area (Å²) in [7, 11) is 0. The molecule has 23 heavy (non-hydrogen) atoms. The molecule has 0 saturated heterocycles. The zero-order chi connectivity index (χ0) is 15.8. The fourth-order valence-electron chi connectivity index (χ4n) is 3.52. The maximum Gasteiger partial charge on any atom is 0.271 e. The van der Waals surface area contributed by atoms with E-state index in [1.807, 2.05) is 22.2 Å². The van der Waals surface area contributed by atoms with E-state index >= 15 is 0 Å². The van der Waals surface area contributed by atoms with Crippen molar-refractivity contribution < 1.29 is 4.79 Å². The van der Waals surface area contributed by atoms with Gasteiger partial charge in [0.05, 0.1) is 22.6 Å². The summed E-state index contributed by atoms with van der Waals surface area (Å²) >= 11 is 3.17. The summed E-state index contributed by atoms with van der Waals surface area (Å²) in [5.41, 5.74) is 0.632. The molecule has 7 heteroatoms. The van der Waals surface area contributed by atoms with Gasteiger partial charge in [0.15, 0.2) is 0 Å². The highest BCUT2D eigenvalue weighted by Crippen LogP contribution is 2.42. The van der Waals surface area contributed by atoms with Gasteiger partial charge in [-0.05, 0) is 24.3 Å². The predicted octanol–water partition coefficient (Wildman–Crippen LogP) is 3.52. The highest BCUT2D eigenvalue weighted by molar-refractivity contribution is 8.00. The molecule has 1 aliphatic heterocycles. The van der Waals surface area contributed by atoms with Crippen molar-refractivity contribution in [3.05, 3.63) is 38.3 Å². The summed E-state index contributed by atoms with van der Waals surface area (Å²) in [5, 5.41) is 7.92. The van der Waals surface area contributed by atoms with Gasteiger partial charge in [0, 0.05) is 4.88 Å². The van der Waals surface area contributed by atoms with Crippen molar-refractivity contribution in [3.8, 4) is 0 Å². The SMILES string of the molecule is O=C1CS[C@@H](c2cccs2)c2c(n(C3CCCCC3)[nH]c2=O)N1. The predicted molar refractivity (Wildman–Crippen MR) is 94.4 cm³/mol. The highest BCUT2D eigenvalue weighted by Gasteiger charge is 2.32. The molecular weight excluding hydrogens is 330 g/mol. The maximum atomic E-state index is 12.7. The van der Waals surface area contributed by atoms with Crippen molar-refractivity contribution in [1.29, 1.82) is 0 Å². The van der Waals surface area contributed by atoms with Crippen LogP contribution in [0, 0.1) is 0 Å². The van der Waals surface area contributed by atoms with Crippen LogP contribution in [0.3, 0.4) is 0 Å². The fourth-order valence-corrected chi connectivity index (χ4v) is 5.62. The number of H-pyrrole nitrogens is 1. The molecule has 0 aromatic carbocycles. The monoisotopic (exact) mass is 349 g/mol. The quantitative estimate of drug-likeness (QED) is 0.872. The van der Waals surface area contributed by atoms with Gasteiger partial charge < -0.3 is 5.32 Å². The van der Waals surface area contributed by atoms with Gasteiger partial charge in [-0.25, -0.2) is 0 Å². The first kappa shape index (κ1) is 15.1. The van der Waals surface area contributed by atoms with E-state index in [1.54, 1.807) is 11.3 Å². The summed E-state index contributed by atoms with van der Waals surface area (Å²) in [4.78, 5) is 25.9. The van der Waals surface area contributed by atoms with Gasteiger partial charge in [-0.15, -0.1) is 23.1 Å². The van der Waals surface area contributed by atoms with Crippen molar-refractivity contribution in [2.45, 2.75) is 43.4 Å². The number of thiophene rings is 1. The number of aromatic nitrogens is 2. The smallest absolute Gasteiger partial charge is 0.271 e. The van der Waals surface area contributed by atoms with Crippen LogP contribution in [0.2, 0.25) is 0 Å². The Kier molecular flexibility index (Phi) is 4.07. The lowest BCUT2D eigenvalue weighted by Gasteiger charge is -2.24. The van der Waals surface area contributed by atoms with Gasteiger partial charge >= 0.3 is 0 Å². The van der Waals surface area contributed by atoms with Crippen molar-refractivity contribution in [3.63, 3.8) is 0 Å². The molecular formula is C16H19N3O2S2. The number of aromatic amines is 1. The second-order valence-corrected chi connectivity index (χ2v) is 8.19. The van der Waals surface area contributed by atoms with Gasteiger partial charge in [-0.3, -0.25) is 19.4 Å². The largest absolute Gasteiger partial charge is 0.310 e. The normalized spacial score (nSPS) is 22.4. The molecule has 0 unspecified atom stereocenters. The summed E-state index contributed by atoms with van der Waals surface area (Å²) in [6, 6.07) is 4.32. The van der Waals surface area contributed by atoms with Crippen LogP contribution in [-0.4, -0.2) is 21.4 Å². The van der Waals surface area contributed by atoms with Crippen molar-refractivity contribution in [2.24, 2.45) is 0 Å². The third-order valence-corrected chi connectivity index (χ3v) is 6.94. The number of nitrogens with zero attached hydrogens (tertiary/aromatic N) is 1. The van der Waals surface area contributed by atoms with E-state index in [1.165, 1.54) is 31.0 Å². The molecule has 1 atom stereocenters. The minimum atomic E-state index is -0.0717. The third-order valence-electron chi connectivity index (χ3n) is 4.61. The van der Waals surface area contributed by atoms with Gasteiger partial charge in [-0.2, -0.15) is 0 Å². The second-order valence-electron chi connectivity index (χ2n) is 6.12. The van der Waals surface area contributed by atoms with Crippen LogP contribution in [-0.2, 0) is 4.79 Å². The number of amides is 1. The summed E-state index contributed by atoms with van der Waals surface area (Å²) < 4.78 is 1.93. The molecule has 0 spiro atoms. The fraction of sp³-hybridized carbons (Fsp3) is 0.500. The molecule has 1 aliphatic carbocycles. The van der Waals surface area contributed by atoms with Crippen LogP contribution in [0.25, 0.3) is 0 Å². The van der Waals surface area contributed by atoms with E-state index in [0.29, 0.717) is 17.1 Å². The van der Waals surface area contributed by atoms with Crippen molar-refractivity contribution in [1.82, 2.24) is 9.78 Å². The average Bonchev–Trinajstić information content (AvgIpc) is 3.15. The third kappa shape index (κ3) is 2.76. The van der Waals surface area contributed by atoms with Crippen LogP contribution in [0.5, 0.6) is 0 Å². The molecule has 2 N–H and O–H groups in total. The average molecular weight is 349 g/mol. The Balaban J connectivity index is 1.82. The Morgan fingerprint density at radius 3 is 2.74 bits per heavy atom. The van der Waals surface area contributed by atoms with Crippen molar-refractivity contribution in [2.75, 3.05) is 11.1 Å². The Hall–Kier alpha value is -1.47. The molecule has 2 aliphatic rings. The summed E-state index contributed by atoms with van der Waals surface area (Å²) in [5.74, 6) is 1.04. The number of rotatable bonds is 2. The van der Waals surface area contributed by atoms with Crippen LogP contribution >= 0.6 is 23.1 Å². The Labute approximate surface area is 142 Å². The van der Waals surface area contributed by atoms with Crippen LogP contribution in [0.1, 0.15) is 53.8 Å². The molecule has 1 fully saturated rings. The van der Waals surface area contributed by atoms with Crippen LogP contribution in [0.4, 0.5) is 5.82 Å². The number of nitrogens with one attached hydrogen (secondary N) is 2. The first-order valence-electron chi connectivity index (χ1n) is 8.03. The highest BCUT2D eigenvalue weighted by atomic mass is 32.2. The number of thioether (sulfide) groups is 1. The molecule has 5 nitrogen and oxygen atoms in total. The maximum absolute atomic E-state index is 12.7. The van der Waals surface area contributed by atoms with E-state index in [9.17, 15) is 9.59 Å². The molecule has 3 heterocycles. The topological polar surface area (TPSA) is 66.9 Å². The molecule has 1 amide bonds. The Morgan fingerprint density at radius 1 is 1.17 bits per heavy atom. The molecule has 0 radical (unpaired) electrons. The van der Waals surface area contributed by atoms with Crippen molar-refractivity contribution >= 4 is 34.8 Å². The minimum absolute atomic E-state index is 0.0288. The Morgan fingerprint density at radius 2 is 2.00 bits per heavy atom. The molecule has 122 valence electrons. The van der Waals surface area contributed by atoms with E-state index in [4.69, 9.17) is 0 Å². The minimum Gasteiger partial charge on any atom is -0.310 e. The van der Waals surface area contributed by atoms with E-state index < -0.39 is 0 Å². The number of hydrogen-bond donors (Lipinski definition) is 2. The molecule has 2 aromatic rings. The lowest BCUT2D eigenvalue weighted by molar-refractivity contribution is -0.113. The van der Waals surface area contributed by atoms with E-state index in [-0.39, 0.29) is 22.8 Å². The first-order valence-corrected chi connectivity index (χ1v) is 9.96. The number of carbonyl (C=O) groups excluding carboxylic acids is 1. The van der Waals surface area contributed by atoms with Gasteiger partial charge in [0.25, 0.3) is 5.56 Å². The van der Waals surface area contributed by atoms with Gasteiger partial charge in [0.2, 0.25) is 5.91 Å². The molecule has 2 aromatic heterocycles. The summed E-state index contributed by atoms with van der Waals surface area (Å²) in [6.07, 6.45) is 5.73.